The maximum absolute atomic E-state index is 12.0. The minimum absolute atomic E-state index is 0.0675. The van der Waals surface area contributed by atoms with E-state index in [1.54, 1.807) is 4.90 Å². The Bertz CT molecular complexity index is 345. The van der Waals surface area contributed by atoms with E-state index in [4.69, 9.17) is 5.73 Å². The maximum Gasteiger partial charge on any atom is 0.253 e. The van der Waals surface area contributed by atoms with E-state index in [9.17, 15) is 4.79 Å². The summed E-state index contributed by atoms with van der Waals surface area (Å²) in [6.07, 6.45) is 0.961. The van der Waals surface area contributed by atoms with Gasteiger partial charge in [-0.3, -0.25) is 4.79 Å². The lowest BCUT2D eigenvalue weighted by Gasteiger charge is -2.23. The van der Waals surface area contributed by atoms with Gasteiger partial charge >= 0.3 is 0 Å². The summed E-state index contributed by atoms with van der Waals surface area (Å²) in [6.45, 7) is 4.63. The smallest absolute Gasteiger partial charge is 0.253 e. The molecule has 0 saturated carbocycles. The Morgan fingerprint density at radius 1 is 1.38 bits per heavy atom. The van der Waals surface area contributed by atoms with Gasteiger partial charge in [-0.15, -0.1) is 0 Å². The Hall–Kier alpha value is -1.35. The lowest BCUT2D eigenvalue weighted by atomic mass is 10.1. The van der Waals surface area contributed by atoms with Crippen molar-refractivity contribution in [1.29, 1.82) is 0 Å². The summed E-state index contributed by atoms with van der Waals surface area (Å²) in [5.41, 5.74) is 7.28. The molecule has 1 aromatic rings. The average Bonchev–Trinajstić information content (AvgIpc) is 2.36. The second kappa shape index (κ2) is 5.66. The van der Waals surface area contributed by atoms with E-state index < -0.39 is 0 Å². The number of amides is 1. The van der Waals surface area contributed by atoms with Gasteiger partial charge in [-0.1, -0.05) is 19.1 Å². The van der Waals surface area contributed by atoms with Crippen molar-refractivity contribution >= 4 is 5.91 Å². The molecule has 0 saturated heterocycles. The highest BCUT2D eigenvalue weighted by atomic mass is 16.2. The molecule has 0 aliphatic rings. The largest absolute Gasteiger partial charge is 0.339 e. The third kappa shape index (κ3) is 2.83. The Morgan fingerprint density at radius 2 is 1.94 bits per heavy atom. The summed E-state index contributed by atoms with van der Waals surface area (Å²) < 4.78 is 0. The summed E-state index contributed by atoms with van der Waals surface area (Å²) in [5.74, 6) is 0.0675. The Balaban J connectivity index is 2.80. The first-order chi connectivity index (χ1) is 7.60. The fourth-order valence-electron chi connectivity index (χ4n) is 1.46. The molecular weight excluding hydrogens is 200 g/mol. The lowest BCUT2D eigenvalue weighted by Crippen LogP contribution is -2.34. The summed E-state index contributed by atoms with van der Waals surface area (Å²) in [7, 11) is 1.84. The van der Waals surface area contributed by atoms with E-state index in [1.165, 1.54) is 0 Å². The van der Waals surface area contributed by atoms with E-state index in [2.05, 4.69) is 6.92 Å². The minimum atomic E-state index is 0.0675. The van der Waals surface area contributed by atoms with Gasteiger partial charge in [-0.25, -0.2) is 0 Å². The van der Waals surface area contributed by atoms with Crippen LogP contribution < -0.4 is 5.73 Å². The van der Waals surface area contributed by atoms with Crippen LogP contribution in [-0.4, -0.2) is 23.9 Å². The third-order valence-corrected chi connectivity index (χ3v) is 3.01. The molecule has 3 heteroatoms. The molecule has 16 heavy (non-hydrogen) atoms. The molecule has 0 heterocycles. The van der Waals surface area contributed by atoms with E-state index in [-0.39, 0.29) is 11.9 Å². The van der Waals surface area contributed by atoms with Gasteiger partial charge in [0, 0.05) is 25.2 Å². The van der Waals surface area contributed by atoms with Gasteiger partial charge in [0.25, 0.3) is 5.91 Å². The lowest BCUT2D eigenvalue weighted by molar-refractivity contribution is 0.0740. The zero-order chi connectivity index (χ0) is 12.1. The van der Waals surface area contributed by atoms with Crippen LogP contribution in [0.1, 0.15) is 36.2 Å². The van der Waals surface area contributed by atoms with Crippen molar-refractivity contribution in [2.75, 3.05) is 7.05 Å². The van der Waals surface area contributed by atoms with Crippen LogP contribution in [0, 0.1) is 0 Å². The molecule has 1 unspecified atom stereocenters. The van der Waals surface area contributed by atoms with Crippen molar-refractivity contribution in [3.8, 4) is 0 Å². The van der Waals surface area contributed by atoms with Gasteiger partial charge in [0.1, 0.15) is 0 Å². The predicted octanol–water partition coefficient (Wildman–Crippen LogP) is 2.02. The first-order valence-corrected chi connectivity index (χ1v) is 5.66. The number of rotatable bonds is 4. The molecular formula is C13H20N2O. The quantitative estimate of drug-likeness (QED) is 0.843. The molecule has 0 aliphatic heterocycles. The SMILES string of the molecule is CCC(C)N(C)C(=O)c1ccc(CN)cc1. The number of carbonyl (C=O) groups excluding carboxylic acids is 1. The van der Waals surface area contributed by atoms with Gasteiger partial charge in [0.05, 0.1) is 0 Å². The summed E-state index contributed by atoms with van der Waals surface area (Å²) in [5, 5.41) is 0. The molecule has 0 aliphatic carbocycles. The standard InChI is InChI=1S/C13H20N2O/c1-4-10(2)15(3)13(16)12-7-5-11(9-14)6-8-12/h5-8,10H,4,9,14H2,1-3H3. The Kier molecular flexibility index (Phi) is 4.50. The second-order valence-corrected chi connectivity index (χ2v) is 4.07. The monoisotopic (exact) mass is 220 g/mol. The first-order valence-electron chi connectivity index (χ1n) is 5.66. The zero-order valence-electron chi connectivity index (χ0n) is 10.2. The van der Waals surface area contributed by atoms with Gasteiger partial charge in [-0.2, -0.15) is 0 Å². The molecule has 1 aromatic carbocycles. The Labute approximate surface area is 97.2 Å². The van der Waals surface area contributed by atoms with Crippen molar-refractivity contribution < 1.29 is 4.79 Å². The highest BCUT2D eigenvalue weighted by molar-refractivity contribution is 5.94. The van der Waals surface area contributed by atoms with Crippen molar-refractivity contribution in [3.05, 3.63) is 35.4 Å². The van der Waals surface area contributed by atoms with Crippen LogP contribution in [-0.2, 0) is 6.54 Å². The van der Waals surface area contributed by atoms with Crippen LogP contribution in [0.2, 0.25) is 0 Å². The number of carbonyl (C=O) groups is 1. The van der Waals surface area contributed by atoms with E-state index in [0.29, 0.717) is 6.54 Å². The molecule has 0 bridgehead atoms. The normalized spacial score (nSPS) is 12.2. The van der Waals surface area contributed by atoms with Crippen molar-refractivity contribution in [3.63, 3.8) is 0 Å². The minimum Gasteiger partial charge on any atom is -0.339 e. The topological polar surface area (TPSA) is 46.3 Å². The van der Waals surface area contributed by atoms with Gasteiger partial charge in [-0.05, 0) is 31.0 Å². The predicted molar refractivity (Wildman–Crippen MR) is 66.2 cm³/mol. The van der Waals surface area contributed by atoms with Crippen molar-refractivity contribution in [2.45, 2.75) is 32.9 Å². The van der Waals surface area contributed by atoms with Gasteiger partial charge in [0.2, 0.25) is 0 Å². The van der Waals surface area contributed by atoms with Crippen LogP contribution in [0.5, 0.6) is 0 Å². The third-order valence-electron chi connectivity index (χ3n) is 3.01. The number of hydrogen-bond acceptors (Lipinski definition) is 2. The molecule has 1 rings (SSSR count). The zero-order valence-corrected chi connectivity index (χ0v) is 10.2. The van der Waals surface area contributed by atoms with E-state index in [0.717, 1.165) is 17.5 Å². The number of hydrogen-bond donors (Lipinski definition) is 1. The molecule has 0 radical (unpaired) electrons. The fourth-order valence-corrected chi connectivity index (χ4v) is 1.46. The molecule has 88 valence electrons. The number of nitrogens with zero attached hydrogens (tertiary/aromatic N) is 1. The summed E-state index contributed by atoms with van der Waals surface area (Å²) >= 11 is 0. The number of benzene rings is 1. The van der Waals surface area contributed by atoms with Crippen LogP contribution in [0.25, 0.3) is 0 Å². The maximum atomic E-state index is 12.0. The first kappa shape index (κ1) is 12.7. The highest BCUT2D eigenvalue weighted by Gasteiger charge is 2.15. The molecule has 1 atom stereocenters. The Morgan fingerprint density at radius 3 is 2.38 bits per heavy atom. The number of nitrogens with two attached hydrogens (primary N) is 1. The fraction of sp³-hybridized carbons (Fsp3) is 0.462. The second-order valence-electron chi connectivity index (χ2n) is 4.07. The van der Waals surface area contributed by atoms with Gasteiger partial charge in [0.15, 0.2) is 0 Å². The molecule has 1 amide bonds. The summed E-state index contributed by atoms with van der Waals surface area (Å²) in [6, 6.07) is 7.74. The molecule has 0 spiro atoms. The molecule has 0 aromatic heterocycles. The molecule has 3 nitrogen and oxygen atoms in total. The van der Waals surface area contributed by atoms with Crippen LogP contribution in [0.15, 0.2) is 24.3 Å². The summed E-state index contributed by atoms with van der Waals surface area (Å²) in [4.78, 5) is 13.8. The average molecular weight is 220 g/mol. The van der Waals surface area contributed by atoms with E-state index in [1.807, 2.05) is 38.2 Å². The van der Waals surface area contributed by atoms with Crippen LogP contribution in [0.3, 0.4) is 0 Å². The van der Waals surface area contributed by atoms with Crippen molar-refractivity contribution in [1.82, 2.24) is 4.90 Å². The van der Waals surface area contributed by atoms with Crippen molar-refractivity contribution in [2.24, 2.45) is 5.73 Å². The molecule has 2 N–H and O–H groups in total. The highest BCUT2D eigenvalue weighted by Crippen LogP contribution is 2.10. The molecule has 0 fully saturated rings. The van der Waals surface area contributed by atoms with Crippen LogP contribution >= 0.6 is 0 Å². The van der Waals surface area contributed by atoms with Gasteiger partial charge < -0.3 is 10.6 Å². The van der Waals surface area contributed by atoms with E-state index >= 15 is 0 Å². The van der Waals surface area contributed by atoms with Crippen LogP contribution in [0.4, 0.5) is 0 Å².